The van der Waals surface area contributed by atoms with E-state index in [-0.39, 0.29) is 12.3 Å². The fourth-order valence-electron chi connectivity index (χ4n) is 1.91. The van der Waals surface area contributed by atoms with Crippen molar-refractivity contribution >= 4 is 33.7 Å². The highest BCUT2D eigenvalue weighted by molar-refractivity contribution is 9.10. The van der Waals surface area contributed by atoms with E-state index in [4.69, 9.17) is 4.74 Å². The van der Waals surface area contributed by atoms with Crippen LogP contribution in [-0.2, 0) is 4.79 Å². The first kappa shape index (κ1) is 18.0. The van der Waals surface area contributed by atoms with Crippen LogP contribution in [0.5, 0.6) is 5.75 Å². The summed E-state index contributed by atoms with van der Waals surface area (Å²) in [5.74, 6) is 0.535. The number of ether oxygens (including phenoxy) is 1. The molecule has 0 unspecified atom stereocenters. The molecule has 0 saturated heterocycles. The lowest BCUT2D eigenvalue weighted by molar-refractivity contribution is -0.121. The second-order valence-electron chi connectivity index (χ2n) is 5.33. The number of hydrogen-bond acceptors (Lipinski definition) is 4. The van der Waals surface area contributed by atoms with Crippen molar-refractivity contribution in [3.8, 4) is 5.75 Å². The molecule has 2 aromatic carbocycles. The van der Waals surface area contributed by atoms with E-state index in [1.54, 1.807) is 6.21 Å². The Morgan fingerprint density at radius 2 is 2.00 bits per heavy atom. The van der Waals surface area contributed by atoms with Crippen LogP contribution in [0.3, 0.4) is 0 Å². The van der Waals surface area contributed by atoms with Crippen LogP contribution in [0, 0.1) is 0 Å². The highest BCUT2D eigenvalue weighted by Crippen LogP contribution is 2.17. The number of carbonyl (C=O) groups excluding carboxylic acids is 1. The Balaban J connectivity index is 1.72. The van der Waals surface area contributed by atoms with E-state index in [1.165, 1.54) is 0 Å². The molecule has 0 aliphatic carbocycles. The maximum absolute atomic E-state index is 11.7. The van der Waals surface area contributed by atoms with Gasteiger partial charge in [-0.1, -0.05) is 34.1 Å². The molecule has 0 bridgehead atoms. The molecule has 6 heteroatoms. The highest BCUT2D eigenvalue weighted by Gasteiger charge is 2.01. The van der Waals surface area contributed by atoms with Crippen LogP contribution in [0.2, 0.25) is 0 Å². The molecular formula is C18H20BrN3O2. The minimum absolute atomic E-state index is 0.189. The number of nitrogens with one attached hydrogen (secondary N) is 1. The second kappa shape index (κ2) is 9.08. The zero-order valence-corrected chi connectivity index (χ0v) is 15.3. The Labute approximate surface area is 150 Å². The van der Waals surface area contributed by atoms with E-state index < -0.39 is 0 Å². The smallest absolute Gasteiger partial charge is 0.243 e. The summed E-state index contributed by atoms with van der Waals surface area (Å²) < 4.78 is 6.45. The third-order valence-corrected chi connectivity index (χ3v) is 3.70. The van der Waals surface area contributed by atoms with Gasteiger partial charge in [-0.15, -0.1) is 0 Å². The molecule has 5 nitrogen and oxygen atoms in total. The normalized spacial score (nSPS) is 10.6. The van der Waals surface area contributed by atoms with Gasteiger partial charge in [0.1, 0.15) is 5.75 Å². The zero-order valence-electron chi connectivity index (χ0n) is 13.7. The molecular weight excluding hydrogens is 370 g/mol. The summed E-state index contributed by atoms with van der Waals surface area (Å²) in [6.45, 7) is 0.301. The lowest BCUT2D eigenvalue weighted by atomic mass is 10.2. The number of benzene rings is 2. The van der Waals surface area contributed by atoms with Gasteiger partial charge in [0, 0.05) is 24.3 Å². The number of nitrogens with zero attached hydrogens (tertiary/aromatic N) is 2. The van der Waals surface area contributed by atoms with Gasteiger partial charge in [0.05, 0.1) is 19.2 Å². The summed E-state index contributed by atoms with van der Waals surface area (Å²) >= 11 is 3.37. The van der Waals surface area contributed by atoms with E-state index in [0.29, 0.717) is 6.61 Å². The Morgan fingerprint density at radius 1 is 1.25 bits per heavy atom. The number of anilines is 1. The van der Waals surface area contributed by atoms with Crippen LogP contribution in [0.25, 0.3) is 0 Å². The van der Waals surface area contributed by atoms with Crippen LogP contribution < -0.4 is 15.1 Å². The van der Waals surface area contributed by atoms with Crippen molar-refractivity contribution in [3.63, 3.8) is 0 Å². The Kier molecular flexibility index (Phi) is 6.81. The van der Waals surface area contributed by atoms with E-state index in [2.05, 4.69) is 26.5 Å². The number of hydrazone groups is 1. The van der Waals surface area contributed by atoms with E-state index in [9.17, 15) is 4.79 Å². The van der Waals surface area contributed by atoms with Gasteiger partial charge >= 0.3 is 0 Å². The average Bonchev–Trinajstić information content (AvgIpc) is 2.55. The quantitative estimate of drug-likeness (QED) is 0.582. The SMILES string of the molecule is CN(C)c1ccc(/C=N\NC(=O)CCOc2cccc(Br)c2)cc1. The number of amides is 1. The first-order chi connectivity index (χ1) is 11.5. The second-order valence-corrected chi connectivity index (χ2v) is 6.25. The van der Waals surface area contributed by atoms with Crippen molar-refractivity contribution in [2.45, 2.75) is 6.42 Å². The van der Waals surface area contributed by atoms with Crippen molar-refractivity contribution in [3.05, 3.63) is 58.6 Å². The van der Waals surface area contributed by atoms with Crippen molar-refractivity contribution < 1.29 is 9.53 Å². The Bertz CT molecular complexity index is 700. The first-order valence-corrected chi connectivity index (χ1v) is 8.31. The van der Waals surface area contributed by atoms with Crippen LogP contribution in [-0.4, -0.2) is 32.8 Å². The molecule has 0 fully saturated rings. The van der Waals surface area contributed by atoms with E-state index in [0.717, 1.165) is 21.5 Å². The van der Waals surface area contributed by atoms with Crippen molar-refractivity contribution in [2.75, 3.05) is 25.6 Å². The maximum Gasteiger partial charge on any atom is 0.243 e. The van der Waals surface area contributed by atoms with E-state index >= 15 is 0 Å². The minimum Gasteiger partial charge on any atom is -0.493 e. The van der Waals surface area contributed by atoms with Gasteiger partial charge in [-0.2, -0.15) is 5.10 Å². The summed E-state index contributed by atoms with van der Waals surface area (Å²) in [5, 5.41) is 3.95. The van der Waals surface area contributed by atoms with Crippen LogP contribution >= 0.6 is 15.9 Å². The molecule has 0 radical (unpaired) electrons. The largest absolute Gasteiger partial charge is 0.493 e. The molecule has 24 heavy (non-hydrogen) atoms. The summed E-state index contributed by atoms with van der Waals surface area (Å²) in [6, 6.07) is 15.4. The summed E-state index contributed by atoms with van der Waals surface area (Å²) in [5.41, 5.74) is 4.53. The lowest BCUT2D eigenvalue weighted by Crippen LogP contribution is -2.20. The third kappa shape index (κ3) is 6.04. The molecule has 0 heterocycles. The topological polar surface area (TPSA) is 53.9 Å². The summed E-state index contributed by atoms with van der Waals surface area (Å²) in [4.78, 5) is 13.7. The molecule has 126 valence electrons. The molecule has 2 aromatic rings. The van der Waals surface area contributed by atoms with Crippen LogP contribution in [0.4, 0.5) is 5.69 Å². The predicted octanol–water partition coefficient (Wildman–Crippen LogP) is 3.43. The van der Waals surface area contributed by atoms with Gasteiger partial charge in [-0.05, 0) is 35.9 Å². The fraction of sp³-hybridized carbons (Fsp3) is 0.222. The van der Waals surface area contributed by atoms with Gasteiger partial charge < -0.3 is 9.64 Å². The molecule has 0 spiro atoms. The summed E-state index contributed by atoms with van der Waals surface area (Å²) in [7, 11) is 3.97. The predicted molar refractivity (Wildman–Crippen MR) is 101 cm³/mol. The minimum atomic E-state index is -0.189. The molecule has 0 aliphatic rings. The van der Waals surface area contributed by atoms with Gasteiger partial charge in [-0.25, -0.2) is 5.43 Å². The first-order valence-electron chi connectivity index (χ1n) is 7.52. The number of rotatable bonds is 7. The zero-order chi connectivity index (χ0) is 17.4. The van der Waals surface area contributed by atoms with Gasteiger partial charge in [0.25, 0.3) is 0 Å². The standard InChI is InChI=1S/C18H20BrN3O2/c1-22(2)16-8-6-14(7-9-16)13-20-21-18(23)10-11-24-17-5-3-4-15(19)12-17/h3-9,12-13H,10-11H2,1-2H3,(H,21,23)/b20-13-. The molecule has 0 aliphatic heterocycles. The Morgan fingerprint density at radius 3 is 2.67 bits per heavy atom. The molecule has 1 N–H and O–H groups in total. The van der Waals surface area contributed by atoms with Gasteiger partial charge in [-0.3, -0.25) is 4.79 Å². The molecule has 0 atom stereocenters. The fourth-order valence-corrected chi connectivity index (χ4v) is 2.29. The van der Waals surface area contributed by atoms with Crippen LogP contribution in [0.1, 0.15) is 12.0 Å². The van der Waals surface area contributed by atoms with Crippen LogP contribution in [0.15, 0.2) is 58.1 Å². The van der Waals surface area contributed by atoms with Crippen molar-refractivity contribution in [1.82, 2.24) is 5.43 Å². The molecule has 0 aromatic heterocycles. The monoisotopic (exact) mass is 389 g/mol. The molecule has 0 saturated carbocycles. The Hall–Kier alpha value is -2.34. The average molecular weight is 390 g/mol. The number of carbonyl (C=O) groups is 1. The maximum atomic E-state index is 11.7. The number of hydrogen-bond donors (Lipinski definition) is 1. The lowest BCUT2D eigenvalue weighted by Gasteiger charge is -2.11. The third-order valence-electron chi connectivity index (χ3n) is 3.21. The van der Waals surface area contributed by atoms with Gasteiger partial charge in [0.2, 0.25) is 5.91 Å². The molecule has 2 rings (SSSR count). The van der Waals surface area contributed by atoms with Crippen molar-refractivity contribution in [2.24, 2.45) is 5.10 Å². The van der Waals surface area contributed by atoms with Gasteiger partial charge in [0.15, 0.2) is 0 Å². The molecule has 1 amide bonds. The number of halogens is 1. The van der Waals surface area contributed by atoms with Crippen molar-refractivity contribution in [1.29, 1.82) is 0 Å². The highest BCUT2D eigenvalue weighted by atomic mass is 79.9. The van der Waals surface area contributed by atoms with E-state index in [1.807, 2.05) is 67.5 Å². The summed E-state index contributed by atoms with van der Waals surface area (Å²) in [6.07, 6.45) is 1.86.